The summed E-state index contributed by atoms with van der Waals surface area (Å²) in [4.78, 5) is 11.7. The van der Waals surface area contributed by atoms with Crippen LogP contribution in [-0.4, -0.2) is 17.7 Å². The highest BCUT2D eigenvalue weighted by atomic mass is 35.5. The molecule has 0 fully saturated rings. The first-order chi connectivity index (χ1) is 11.0. The first kappa shape index (κ1) is 17.2. The number of aliphatic carboxylic acids is 1. The summed E-state index contributed by atoms with van der Waals surface area (Å²) in [5.41, 5.74) is 7.76. The Labute approximate surface area is 140 Å². The molecule has 0 bridgehead atoms. The number of nitrogens with two attached hydrogens (primary N) is 1. The third-order valence-corrected chi connectivity index (χ3v) is 3.78. The molecule has 23 heavy (non-hydrogen) atoms. The minimum Gasteiger partial charge on any atom is -0.493 e. The molecule has 0 aliphatic heterocycles. The van der Waals surface area contributed by atoms with Gasteiger partial charge in [0.15, 0.2) is 0 Å². The maximum absolute atomic E-state index is 11.7. The van der Waals surface area contributed by atoms with Crippen molar-refractivity contribution in [2.75, 3.05) is 12.3 Å². The lowest BCUT2D eigenvalue weighted by Crippen LogP contribution is -2.15. The highest BCUT2D eigenvalue weighted by Gasteiger charge is 2.22. The fourth-order valence-electron chi connectivity index (χ4n) is 2.36. The van der Waals surface area contributed by atoms with Crippen molar-refractivity contribution in [1.29, 1.82) is 0 Å². The molecule has 0 spiro atoms. The number of carbonyl (C=O) groups is 1. The summed E-state index contributed by atoms with van der Waals surface area (Å²) in [7, 11) is 0. The lowest BCUT2D eigenvalue weighted by molar-refractivity contribution is -0.138. The zero-order chi connectivity index (χ0) is 16.8. The Morgan fingerprint density at radius 2 is 1.96 bits per heavy atom. The van der Waals surface area contributed by atoms with Gasteiger partial charge in [-0.2, -0.15) is 0 Å². The largest absolute Gasteiger partial charge is 0.493 e. The van der Waals surface area contributed by atoms with Crippen LogP contribution < -0.4 is 10.5 Å². The zero-order valence-electron chi connectivity index (χ0n) is 13.0. The first-order valence-corrected chi connectivity index (χ1v) is 7.88. The molecule has 0 saturated heterocycles. The van der Waals surface area contributed by atoms with Crippen LogP contribution in [0.5, 0.6) is 5.75 Å². The predicted molar refractivity (Wildman–Crippen MR) is 92.2 cm³/mol. The normalized spacial score (nSPS) is 11.9. The van der Waals surface area contributed by atoms with Gasteiger partial charge in [-0.05, 0) is 54.3 Å². The number of benzene rings is 2. The lowest BCUT2D eigenvalue weighted by atomic mass is 9.91. The van der Waals surface area contributed by atoms with Crippen LogP contribution >= 0.6 is 11.6 Å². The number of rotatable bonds is 7. The number of carboxylic acid groups (broad SMARTS) is 1. The standard InChI is InChI=1S/C18H20ClNO3/c1-2-9-23-17-8-5-14(19)10-13(17)11-16(18(21)22)12-3-6-15(20)7-4-12/h3-8,10,16H,2,9,11,20H2,1H3,(H,21,22). The molecule has 0 aliphatic carbocycles. The number of hydrogen-bond acceptors (Lipinski definition) is 3. The monoisotopic (exact) mass is 333 g/mol. The summed E-state index contributed by atoms with van der Waals surface area (Å²) in [6.07, 6.45) is 1.18. The van der Waals surface area contributed by atoms with Crippen LogP contribution in [0.3, 0.4) is 0 Å². The Morgan fingerprint density at radius 1 is 1.26 bits per heavy atom. The van der Waals surface area contributed by atoms with Crippen LogP contribution in [-0.2, 0) is 11.2 Å². The van der Waals surface area contributed by atoms with E-state index >= 15 is 0 Å². The molecule has 1 atom stereocenters. The van der Waals surface area contributed by atoms with E-state index in [1.165, 1.54) is 0 Å². The van der Waals surface area contributed by atoms with Crippen LogP contribution in [0.25, 0.3) is 0 Å². The summed E-state index contributed by atoms with van der Waals surface area (Å²) in [6, 6.07) is 12.2. The SMILES string of the molecule is CCCOc1ccc(Cl)cc1CC(C(=O)O)c1ccc(N)cc1. The van der Waals surface area contributed by atoms with Crippen molar-refractivity contribution in [2.24, 2.45) is 0 Å². The summed E-state index contributed by atoms with van der Waals surface area (Å²) >= 11 is 6.06. The van der Waals surface area contributed by atoms with Crippen molar-refractivity contribution in [1.82, 2.24) is 0 Å². The number of nitrogen functional groups attached to an aromatic ring is 1. The van der Waals surface area contributed by atoms with Gasteiger partial charge < -0.3 is 15.6 Å². The molecular weight excluding hydrogens is 314 g/mol. The van der Waals surface area contributed by atoms with Gasteiger partial charge in [-0.15, -0.1) is 0 Å². The van der Waals surface area contributed by atoms with Crippen LogP contribution in [0.1, 0.15) is 30.4 Å². The van der Waals surface area contributed by atoms with Crippen molar-refractivity contribution in [3.8, 4) is 5.75 Å². The summed E-state index contributed by atoms with van der Waals surface area (Å²) in [5, 5.41) is 10.1. The van der Waals surface area contributed by atoms with Crippen molar-refractivity contribution >= 4 is 23.3 Å². The average molecular weight is 334 g/mol. The molecule has 2 aromatic carbocycles. The number of anilines is 1. The second-order valence-corrected chi connectivity index (χ2v) is 5.80. The van der Waals surface area contributed by atoms with E-state index in [0.717, 1.165) is 12.0 Å². The Bertz CT molecular complexity index is 670. The van der Waals surface area contributed by atoms with Gasteiger partial charge in [0.25, 0.3) is 0 Å². The minimum absolute atomic E-state index is 0.304. The van der Waals surface area contributed by atoms with Crippen LogP contribution in [0.2, 0.25) is 5.02 Å². The molecule has 122 valence electrons. The lowest BCUT2D eigenvalue weighted by Gasteiger charge is -2.16. The van der Waals surface area contributed by atoms with Crippen LogP contribution in [0.4, 0.5) is 5.69 Å². The number of halogens is 1. The van der Waals surface area contributed by atoms with Crippen molar-refractivity contribution in [3.05, 3.63) is 58.6 Å². The Kier molecular flexibility index (Phi) is 5.88. The van der Waals surface area contributed by atoms with E-state index < -0.39 is 11.9 Å². The minimum atomic E-state index is -0.892. The maximum Gasteiger partial charge on any atom is 0.311 e. The molecular formula is C18H20ClNO3. The van der Waals surface area contributed by atoms with Crippen molar-refractivity contribution in [3.63, 3.8) is 0 Å². The van der Waals surface area contributed by atoms with E-state index in [1.54, 1.807) is 42.5 Å². The molecule has 1 unspecified atom stereocenters. The third-order valence-electron chi connectivity index (χ3n) is 3.55. The van der Waals surface area contributed by atoms with Gasteiger partial charge in [-0.3, -0.25) is 4.79 Å². The average Bonchev–Trinajstić information content (AvgIpc) is 2.52. The summed E-state index contributed by atoms with van der Waals surface area (Å²) in [5.74, 6) is -0.896. The summed E-state index contributed by atoms with van der Waals surface area (Å²) < 4.78 is 5.71. The Hall–Kier alpha value is -2.20. The topological polar surface area (TPSA) is 72.5 Å². The predicted octanol–water partition coefficient (Wildman–Crippen LogP) is 4.12. The van der Waals surface area contributed by atoms with Gasteiger partial charge in [0.2, 0.25) is 0 Å². The highest BCUT2D eigenvalue weighted by molar-refractivity contribution is 6.30. The van der Waals surface area contributed by atoms with E-state index in [0.29, 0.717) is 35.1 Å². The van der Waals surface area contributed by atoms with Gasteiger partial charge >= 0.3 is 5.97 Å². The van der Waals surface area contributed by atoms with Crippen LogP contribution in [0, 0.1) is 0 Å². The van der Waals surface area contributed by atoms with E-state index in [-0.39, 0.29) is 0 Å². The Balaban J connectivity index is 2.31. The number of carboxylic acids is 1. The smallest absolute Gasteiger partial charge is 0.311 e. The third kappa shape index (κ3) is 4.63. The first-order valence-electron chi connectivity index (χ1n) is 7.50. The van der Waals surface area contributed by atoms with Gasteiger partial charge in [0.1, 0.15) is 5.75 Å². The molecule has 3 N–H and O–H groups in total. The summed E-state index contributed by atoms with van der Waals surface area (Å²) in [6.45, 7) is 2.60. The fraction of sp³-hybridized carbons (Fsp3) is 0.278. The van der Waals surface area contributed by atoms with Gasteiger partial charge in [0.05, 0.1) is 12.5 Å². The molecule has 0 amide bonds. The molecule has 0 saturated carbocycles. The highest BCUT2D eigenvalue weighted by Crippen LogP contribution is 2.30. The fourth-order valence-corrected chi connectivity index (χ4v) is 2.55. The second-order valence-electron chi connectivity index (χ2n) is 5.36. The zero-order valence-corrected chi connectivity index (χ0v) is 13.7. The quantitative estimate of drug-likeness (QED) is 0.747. The molecule has 2 rings (SSSR count). The molecule has 0 heterocycles. The van der Waals surface area contributed by atoms with Crippen molar-refractivity contribution in [2.45, 2.75) is 25.7 Å². The van der Waals surface area contributed by atoms with Crippen LogP contribution in [0.15, 0.2) is 42.5 Å². The number of ether oxygens (including phenoxy) is 1. The molecule has 0 radical (unpaired) electrons. The van der Waals surface area contributed by atoms with E-state index in [2.05, 4.69) is 0 Å². The second kappa shape index (κ2) is 7.88. The van der Waals surface area contributed by atoms with Gasteiger partial charge in [0, 0.05) is 10.7 Å². The van der Waals surface area contributed by atoms with E-state index in [9.17, 15) is 9.90 Å². The Morgan fingerprint density at radius 3 is 2.57 bits per heavy atom. The molecule has 0 aliphatic rings. The van der Waals surface area contributed by atoms with Gasteiger partial charge in [-0.25, -0.2) is 0 Å². The van der Waals surface area contributed by atoms with E-state index in [1.807, 2.05) is 6.92 Å². The number of hydrogen-bond donors (Lipinski definition) is 2. The molecule has 0 aromatic heterocycles. The maximum atomic E-state index is 11.7. The van der Waals surface area contributed by atoms with E-state index in [4.69, 9.17) is 22.1 Å². The molecule has 4 nitrogen and oxygen atoms in total. The van der Waals surface area contributed by atoms with Crippen molar-refractivity contribution < 1.29 is 14.6 Å². The van der Waals surface area contributed by atoms with Gasteiger partial charge in [-0.1, -0.05) is 30.7 Å². The molecule has 5 heteroatoms. The molecule has 2 aromatic rings.